The average molecular weight is 272 g/mol. The van der Waals surface area contributed by atoms with E-state index in [1.54, 1.807) is 0 Å². The molecule has 1 aliphatic carbocycles. The molecule has 0 saturated heterocycles. The van der Waals surface area contributed by atoms with E-state index in [4.69, 9.17) is 0 Å². The van der Waals surface area contributed by atoms with Gasteiger partial charge in [0.1, 0.15) is 0 Å². The second-order valence-corrected chi connectivity index (χ2v) is 6.01. The fraction of sp³-hybridized carbons (Fsp3) is 0.600. The minimum Gasteiger partial charge on any atom is -0.390 e. The maximum atomic E-state index is 12.4. The molecule has 0 aliphatic heterocycles. The Labute approximate surface area is 111 Å². The van der Waals surface area contributed by atoms with Gasteiger partial charge < -0.3 is 5.11 Å². The molecule has 0 heterocycles. The van der Waals surface area contributed by atoms with Crippen LogP contribution in [0.3, 0.4) is 0 Å². The van der Waals surface area contributed by atoms with Gasteiger partial charge in [-0.3, -0.25) is 0 Å². The molecular formula is C15H19F3O. The third kappa shape index (κ3) is 3.30. The smallest absolute Gasteiger partial charge is 0.390 e. The van der Waals surface area contributed by atoms with Crippen LogP contribution in [-0.4, -0.2) is 10.7 Å². The Balaban J connectivity index is 1.98. The Morgan fingerprint density at radius 1 is 1.21 bits per heavy atom. The van der Waals surface area contributed by atoms with Crippen LogP contribution in [0, 0.1) is 11.8 Å². The minimum absolute atomic E-state index is 0.439. The molecule has 1 saturated carbocycles. The molecule has 0 unspecified atom stereocenters. The fourth-order valence-corrected chi connectivity index (χ4v) is 2.72. The largest absolute Gasteiger partial charge is 0.416 e. The summed E-state index contributed by atoms with van der Waals surface area (Å²) in [5.41, 5.74) is -0.607. The number of aliphatic hydroxyl groups is 1. The highest BCUT2D eigenvalue weighted by Crippen LogP contribution is 2.44. The molecule has 1 aromatic carbocycles. The molecule has 0 bridgehead atoms. The molecule has 106 valence electrons. The lowest BCUT2D eigenvalue weighted by molar-refractivity contribution is -0.137. The summed E-state index contributed by atoms with van der Waals surface area (Å²) in [7, 11) is 0. The molecule has 19 heavy (non-hydrogen) atoms. The molecule has 0 radical (unpaired) electrons. The molecule has 1 N–H and O–H groups in total. The number of alkyl halides is 3. The highest BCUT2D eigenvalue weighted by molar-refractivity contribution is 5.26. The lowest BCUT2D eigenvalue weighted by Gasteiger charge is -2.46. The molecule has 0 spiro atoms. The van der Waals surface area contributed by atoms with Crippen molar-refractivity contribution in [3.8, 4) is 0 Å². The molecule has 0 aromatic heterocycles. The minimum atomic E-state index is -4.30. The monoisotopic (exact) mass is 272 g/mol. The third-order valence-electron chi connectivity index (χ3n) is 4.04. The van der Waals surface area contributed by atoms with Crippen molar-refractivity contribution < 1.29 is 18.3 Å². The molecule has 0 atom stereocenters. The van der Waals surface area contributed by atoms with Crippen LogP contribution >= 0.6 is 0 Å². The van der Waals surface area contributed by atoms with Gasteiger partial charge in [-0.1, -0.05) is 26.0 Å². The first kappa shape index (κ1) is 14.4. The first-order valence-electron chi connectivity index (χ1n) is 6.58. The van der Waals surface area contributed by atoms with E-state index < -0.39 is 17.3 Å². The number of benzene rings is 1. The van der Waals surface area contributed by atoms with Crippen LogP contribution in [-0.2, 0) is 12.6 Å². The SMILES string of the molecule is CC(C)C1CC(O)(Cc2ccc(C(F)(F)F)cc2)C1. The first-order valence-corrected chi connectivity index (χ1v) is 6.58. The predicted molar refractivity (Wildman–Crippen MR) is 67.7 cm³/mol. The van der Waals surface area contributed by atoms with Gasteiger partial charge in [-0.2, -0.15) is 13.2 Å². The van der Waals surface area contributed by atoms with Gasteiger partial charge in [-0.15, -0.1) is 0 Å². The van der Waals surface area contributed by atoms with E-state index >= 15 is 0 Å². The molecule has 1 aliphatic rings. The van der Waals surface area contributed by atoms with Crippen LogP contribution < -0.4 is 0 Å². The Morgan fingerprint density at radius 3 is 2.16 bits per heavy atom. The van der Waals surface area contributed by atoms with Gasteiger partial charge in [0.05, 0.1) is 11.2 Å². The Bertz CT molecular complexity index is 428. The van der Waals surface area contributed by atoms with Crippen molar-refractivity contribution in [1.29, 1.82) is 0 Å². The average Bonchev–Trinajstić information content (AvgIpc) is 2.25. The molecule has 1 aromatic rings. The summed E-state index contributed by atoms with van der Waals surface area (Å²) >= 11 is 0. The van der Waals surface area contributed by atoms with Crippen molar-refractivity contribution in [3.63, 3.8) is 0 Å². The maximum Gasteiger partial charge on any atom is 0.416 e. The van der Waals surface area contributed by atoms with Gasteiger partial charge >= 0.3 is 6.18 Å². The highest BCUT2D eigenvalue weighted by Gasteiger charge is 2.43. The van der Waals surface area contributed by atoms with Gasteiger partial charge in [0.25, 0.3) is 0 Å². The zero-order valence-corrected chi connectivity index (χ0v) is 11.2. The lowest BCUT2D eigenvalue weighted by atomic mass is 9.64. The second kappa shape index (κ2) is 4.82. The topological polar surface area (TPSA) is 20.2 Å². The summed E-state index contributed by atoms with van der Waals surface area (Å²) in [5.74, 6) is 1.08. The molecule has 1 nitrogen and oxygen atoms in total. The summed E-state index contributed by atoms with van der Waals surface area (Å²) in [6, 6.07) is 5.08. The molecule has 1 fully saturated rings. The summed E-state index contributed by atoms with van der Waals surface area (Å²) in [6.45, 7) is 4.25. The molecule has 2 rings (SSSR count). The zero-order chi connectivity index (χ0) is 14.3. The molecular weight excluding hydrogens is 253 g/mol. The quantitative estimate of drug-likeness (QED) is 0.880. The van der Waals surface area contributed by atoms with Crippen molar-refractivity contribution in [2.75, 3.05) is 0 Å². The van der Waals surface area contributed by atoms with Crippen LogP contribution in [0.15, 0.2) is 24.3 Å². The summed E-state index contributed by atoms with van der Waals surface area (Å²) in [4.78, 5) is 0. The van der Waals surface area contributed by atoms with Gasteiger partial charge in [0.15, 0.2) is 0 Å². The predicted octanol–water partition coefficient (Wildman–Crippen LogP) is 4.05. The van der Waals surface area contributed by atoms with Crippen LogP contribution in [0.25, 0.3) is 0 Å². The van der Waals surface area contributed by atoms with Crippen molar-refractivity contribution in [1.82, 2.24) is 0 Å². The lowest BCUT2D eigenvalue weighted by Crippen LogP contribution is -2.47. The van der Waals surface area contributed by atoms with Gasteiger partial charge in [0.2, 0.25) is 0 Å². The Morgan fingerprint density at radius 2 is 1.74 bits per heavy atom. The van der Waals surface area contributed by atoms with Crippen LogP contribution in [0.5, 0.6) is 0 Å². The maximum absolute atomic E-state index is 12.4. The summed E-state index contributed by atoms with van der Waals surface area (Å²) < 4.78 is 37.3. The third-order valence-corrected chi connectivity index (χ3v) is 4.04. The number of rotatable bonds is 3. The van der Waals surface area contributed by atoms with Crippen molar-refractivity contribution in [2.45, 2.75) is 44.9 Å². The van der Waals surface area contributed by atoms with Crippen molar-refractivity contribution >= 4 is 0 Å². The normalized spacial score (nSPS) is 27.4. The summed E-state index contributed by atoms with van der Waals surface area (Å²) in [5, 5.41) is 10.3. The van der Waals surface area contributed by atoms with Crippen LogP contribution in [0.2, 0.25) is 0 Å². The van der Waals surface area contributed by atoms with Crippen LogP contribution in [0.1, 0.15) is 37.8 Å². The van der Waals surface area contributed by atoms with E-state index in [-0.39, 0.29) is 0 Å². The van der Waals surface area contributed by atoms with E-state index in [0.717, 1.165) is 30.5 Å². The molecule has 4 heteroatoms. The fourth-order valence-electron chi connectivity index (χ4n) is 2.72. The highest BCUT2D eigenvalue weighted by atomic mass is 19.4. The Hall–Kier alpha value is -1.03. The van der Waals surface area contributed by atoms with E-state index in [1.165, 1.54) is 12.1 Å². The molecule has 0 amide bonds. The van der Waals surface area contributed by atoms with Crippen molar-refractivity contribution in [3.05, 3.63) is 35.4 Å². The van der Waals surface area contributed by atoms with E-state index in [2.05, 4.69) is 13.8 Å². The zero-order valence-electron chi connectivity index (χ0n) is 11.2. The van der Waals surface area contributed by atoms with Gasteiger partial charge in [-0.05, 0) is 42.4 Å². The van der Waals surface area contributed by atoms with E-state index in [1.807, 2.05) is 0 Å². The number of halogens is 3. The van der Waals surface area contributed by atoms with Gasteiger partial charge in [0, 0.05) is 6.42 Å². The van der Waals surface area contributed by atoms with Crippen molar-refractivity contribution in [2.24, 2.45) is 11.8 Å². The van der Waals surface area contributed by atoms with Crippen LogP contribution in [0.4, 0.5) is 13.2 Å². The number of hydrogen-bond acceptors (Lipinski definition) is 1. The first-order chi connectivity index (χ1) is 8.70. The second-order valence-electron chi connectivity index (χ2n) is 6.01. The van der Waals surface area contributed by atoms with Gasteiger partial charge in [-0.25, -0.2) is 0 Å². The van der Waals surface area contributed by atoms with E-state index in [0.29, 0.717) is 18.3 Å². The van der Waals surface area contributed by atoms with E-state index in [9.17, 15) is 18.3 Å². The standard InChI is InChI=1S/C15H19F3O/c1-10(2)12-8-14(19,9-12)7-11-3-5-13(6-4-11)15(16,17)18/h3-6,10,12,19H,7-9H2,1-2H3. The number of hydrogen-bond donors (Lipinski definition) is 1. The Kier molecular flexibility index (Phi) is 3.65. The summed E-state index contributed by atoms with van der Waals surface area (Å²) in [6.07, 6.45) is -2.37.